The summed E-state index contributed by atoms with van der Waals surface area (Å²) in [6, 6.07) is 14.2. The van der Waals surface area contributed by atoms with Crippen LogP contribution in [0.1, 0.15) is 61.5 Å². The van der Waals surface area contributed by atoms with Crippen molar-refractivity contribution in [2.45, 2.75) is 59.0 Å². The van der Waals surface area contributed by atoms with Crippen molar-refractivity contribution in [1.29, 1.82) is 0 Å². The van der Waals surface area contributed by atoms with E-state index in [9.17, 15) is 4.79 Å². The molecule has 6 nitrogen and oxygen atoms in total. The molecule has 1 aliphatic heterocycles. The molecule has 0 unspecified atom stereocenters. The highest BCUT2D eigenvalue weighted by Crippen LogP contribution is 2.39. The summed E-state index contributed by atoms with van der Waals surface area (Å²) in [5, 5.41) is 4.27. The monoisotopic (exact) mass is 487 g/mol. The minimum absolute atomic E-state index is 0.00596. The zero-order valence-electron chi connectivity index (χ0n) is 22.1. The number of hydrogen-bond acceptors (Lipinski definition) is 5. The van der Waals surface area contributed by atoms with Gasteiger partial charge in [-0.3, -0.25) is 4.79 Å². The number of methoxy groups -OCH3 is 2. The van der Waals surface area contributed by atoms with E-state index in [4.69, 9.17) is 14.5 Å². The fraction of sp³-hybridized carbons (Fsp3) is 0.467. The van der Waals surface area contributed by atoms with Gasteiger partial charge in [0, 0.05) is 24.5 Å². The molecular weight excluding hydrogens is 450 g/mol. The highest BCUT2D eigenvalue weighted by Gasteiger charge is 2.33. The SMILES string of the molecule is COc1cc2c(cc1OC)CN(c1cc(C(=O)N[C@H]3C[C@H](C)CC(C)(C)C3)c3ccccc3n1)CC2. The van der Waals surface area contributed by atoms with Crippen LogP contribution in [-0.2, 0) is 13.0 Å². The number of amides is 1. The number of nitrogens with one attached hydrogen (secondary N) is 1. The van der Waals surface area contributed by atoms with E-state index in [1.165, 1.54) is 17.5 Å². The van der Waals surface area contributed by atoms with Crippen LogP contribution in [0.25, 0.3) is 10.9 Å². The maximum absolute atomic E-state index is 13.6. The van der Waals surface area contributed by atoms with E-state index in [0.29, 0.717) is 18.0 Å². The van der Waals surface area contributed by atoms with Crippen molar-refractivity contribution in [1.82, 2.24) is 10.3 Å². The second kappa shape index (κ2) is 9.64. The molecule has 2 aliphatic rings. The number of rotatable bonds is 5. The molecule has 1 aromatic heterocycles. The molecule has 1 N–H and O–H groups in total. The number of fused-ring (bicyclic) bond motifs is 2. The first kappa shape index (κ1) is 24.4. The van der Waals surface area contributed by atoms with Crippen LogP contribution in [0.4, 0.5) is 5.82 Å². The van der Waals surface area contributed by atoms with Crippen molar-refractivity contribution in [2.24, 2.45) is 11.3 Å². The molecule has 6 heteroatoms. The number of benzene rings is 2. The van der Waals surface area contributed by atoms with Gasteiger partial charge in [-0.2, -0.15) is 0 Å². The Hall–Kier alpha value is -3.28. The van der Waals surface area contributed by atoms with Gasteiger partial charge in [0.05, 0.1) is 25.3 Å². The van der Waals surface area contributed by atoms with E-state index in [2.05, 4.69) is 43.1 Å². The van der Waals surface area contributed by atoms with E-state index in [0.717, 1.165) is 54.0 Å². The second-order valence-corrected chi connectivity index (χ2v) is 11.3. The molecule has 0 bridgehead atoms. The number of carbonyl (C=O) groups is 1. The third kappa shape index (κ3) is 4.86. The van der Waals surface area contributed by atoms with Crippen molar-refractivity contribution in [3.63, 3.8) is 0 Å². The summed E-state index contributed by atoms with van der Waals surface area (Å²) in [5.74, 6) is 2.92. The lowest BCUT2D eigenvalue weighted by Crippen LogP contribution is -2.43. The first-order valence-corrected chi connectivity index (χ1v) is 13.0. The van der Waals surface area contributed by atoms with Gasteiger partial charge in [-0.1, -0.05) is 39.0 Å². The fourth-order valence-electron chi connectivity index (χ4n) is 6.31. The predicted molar refractivity (Wildman–Crippen MR) is 144 cm³/mol. The summed E-state index contributed by atoms with van der Waals surface area (Å²) in [7, 11) is 3.33. The Balaban J connectivity index is 1.45. The average molecular weight is 488 g/mol. The van der Waals surface area contributed by atoms with Gasteiger partial charge >= 0.3 is 0 Å². The van der Waals surface area contributed by atoms with Crippen LogP contribution in [0.15, 0.2) is 42.5 Å². The van der Waals surface area contributed by atoms with E-state index < -0.39 is 0 Å². The van der Waals surface area contributed by atoms with Crippen molar-refractivity contribution in [3.8, 4) is 11.5 Å². The minimum atomic E-state index is -0.00596. The molecule has 1 aliphatic carbocycles. The summed E-state index contributed by atoms with van der Waals surface area (Å²) in [6.07, 6.45) is 4.11. The Kier molecular flexibility index (Phi) is 6.54. The van der Waals surface area contributed by atoms with Gasteiger partial charge in [0.15, 0.2) is 11.5 Å². The van der Waals surface area contributed by atoms with E-state index in [-0.39, 0.29) is 17.4 Å². The Labute approximate surface area is 214 Å². The normalized spacial score (nSPS) is 21.1. The summed E-state index contributed by atoms with van der Waals surface area (Å²) >= 11 is 0. The van der Waals surface area contributed by atoms with Gasteiger partial charge in [0.2, 0.25) is 0 Å². The van der Waals surface area contributed by atoms with Gasteiger partial charge in [-0.25, -0.2) is 4.98 Å². The molecule has 1 saturated carbocycles. The first-order chi connectivity index (χ1) is 17.3. The molecule has 36 heavy (non-hydrogen) atoms. The van der Waals surface area contributed by atoms with E-state index >= 15 is 0 Å². The Bertz CT molecular complexity index is 1290. The van der Waals surface area contributed by atoms with Crippen LogP contribution in [0.3, 0.4) is 0 Å². The van der Waals surface area contributed by atoms with Gasteiger partial charge < -0.3 is 19.7 Å². The molecule has 3 aromatic rings. The number of carbonyl (C=O) groups excluding carboxylic acids is 1. The Morgan fingerprint density at radius 1 is 1.06 bits per heavy atom. The maximum Gasteiger partial charge on any atom is 0.252 e. The van der Waals surface area contributed by atoms with Crippen LogP contribution in [0.5, 0.6) is 11.5 Å². The largest absolute Gasteiger partial charge is 0.493 e. The number of ether oxygens (including phenoxy) is 2. The number of aromatic nitrogens is 1. The zero-order valence-corrected chi connectivity index (χ0v) is 22.1. The van der Waals surface area contributed by atoms with Crippen LogP contribution in [-0.4, -0.2) is 37.7 Å². The maximum atomic E-state index is 13.6. The smallest absolute Gasteiger partial charge is 0.252 e. The van der Waals surface area contributed by atoms with Crippen LogP contribution in [0, 0.1) is 11.3 Å². The van der Waals surface area contributed by atoms with Crippen LogP contribution < -0.4 is 19.7 Å². The number of para-hydroxylation sites is 1. The van der Waals surface area contributed by atoms with Gasteiger partial charge in [0.25, 0.3) is 5.91 Å². The lowest BCUT2D eigenvalue weighted by molar-refractivity contribution is 0.0876. The number of pyridine rings is 1. The van der Waals surface area contributed by atoms with E-state index in [1.807, 2.05) is 30.3 Å². The predicted octanol–water partition coefficient (Wildman–Crippen LogP) is 5.76. The lowest BCUT2D eigenvalue weighted by atomic mass is 9.70. The second-order valence-electron chi connectivity index (χ2n) is 11.3. The molecule has 0 saturated heterocycles. The van der Waals surface area contributed by atoms with Crippen molar-refractivity contribution in [2.75, 3.05) is 25.7 Å². The van der Waals surface area contributed by atoms with Gasteiger partial charge in [-0.05, 0) is 72.4 Å². The van der Waals surface area contributed by atoms with Crippen LogP contribution in [0.2, 0.25) is 0 Å². The number of nitrogens with zero attached hydrogens (tertiary/aromatic N) is 2. The number of anilines is 1. The third-order valence-electron chi connectivity index (χ3n) is 7.71. The zero-order chi connectivity index (χ0) is 25.4. The molecule has 0 spiro atoms. The van der Waals surface area contributed by atoms with Gasteiger partial charge in [0.1, 0.15) is 5.82 Å². The lowest BCUT2D eigenvalue weighted by Gasteiger charge is -2.39. The highest BCUT2D eigenvalue weighted by atomic mass is 16.5. The van der Waals surface area contributed by atoms with Crippen LogP contribution >= 0.6 is 0 Å². The van der Waals surface area contributed by atoms with Crippen molar-refractivity contribution in [3.05, 3.63) is 59.2 Å². The Morgan fingerprint density at radius 2 is 1.78 bits per heavy atom. The molecule has 0 radical (unpaired) electrons. The topological polar surface area (TPSA) is 63.7 Å². The summed E-state index contributed by atoms with van der Waals surface area (Å²) in [5.41, 5.74) is 4.24. The molecule has 190 valence electrons. The van der Waals surface area contributed by atoms with Crippen molar-refractivity contribution < 1.29 is 14.3 Å². The average Bonchev–Trinajstić information content (AvgIpc) is 2.85. The molecule has 2 aromatic carbocycles. The Morgan fingerprint density at radius 3 is 2.50 bits per heavy atom. The first-order valence-electron chi connectivity index (χ1n) is 13.0. The number of hydrogen-bond donors (Lipinski definition) is 1. The quantitative estimate of drug-likeness (QED) is 0.496. The van der Waals surface area contributed by atoms with Crippen molar-refractivity contribution >= 4 is 22.6 Å². The molecule has 2 atom stereocenters. The molecular formula is C30H37N3O3. The standard InChI is InChI=1S/C30H37N3O3/c1-19-12-22(17-30(2,3)16-19)31-29(34)24-15-28(32-25-9-7-6-8-23(24)25)33-11-10-20-13-26(35-4)27(36-5)14-21(20)18-33/h6-9,13-15,19,22H,10-12,16-18H2,1-5H3,(H,31,34)/t19-,22-/m0/s1. The third-order valence-corrected chi connectivity index (χ3v) is 7.71. The van der Waals surface area contributed by atoms with E-state index in [1.54, 1.807) is 14.2 Å². The molecule has 2 heterocycles. The molecule has 1 fully saturated rings. The summed E-state index contributed by atoms with van der Waals surface area (Å²) in [4.78, 5) is 20.9. The molecule has 1 amide bonds. The fourth-order valence-corrected chi connectivity index (χ4v) is 6.31. The summed E-state index contributed by atoms with van der Waals surface area (Å²) < 4.78 is 11.0. The summed E-state index contributed by atoms with van der Waals surface area (Å²) in [6.45, 7) is 8.43. The van der Waals surface area contributed by atoms with Gasteiger partial charge in [-0.15, -0.1) is 0 Å². The highest BCUT2D eigenvalue weighted by molar-refractivity contribution is 6.07. The minimum Gasteiger partial charge on any atom is -0.493 e. The molecule has 5 rings (SSSR count).